The van der Waals surface area contributed by atoms with Crippen LogP contribution in [0.5, 0.6) is 0 Å². The first-order valence-electron chi connectivity index (χ1n) is 12.4. The van der Waals surface area contributed by atoms with E-state index >= 15 is 0 Å². The molecule has 2 aromatic carbocycles. The van der Waals surface area contributed by atoms with Gasteiger partial charge in [-0.25, -0.2) is 4.79 Å². The van der Waals surface area contributed by atoms with E-state index in [0.717, 1.165) is 5.56 Å². The van der Waals surface area contributed by atoms with Crippen LogP contribution in [0.3, 0.4) is 0 Å². The number of hydrogen-bond donors (Lipinski definition) is 0. The minimum atomic E-state index is -2.18. The summed E-state index contributed by atoms with van der Waals surface area (Å²) >= 11 is 0. The number of Topliss-reactive ketones (excluding diaryl/α,β-unsaturated/α-hetero) is 1. The quantitative estimate of drug-likeness (QED) is 0.241. The van der Waals surface area contributed by atoms with Gasteiger partial charge in [-0.3, -0.25) is 4.79 Å². The molecule has 35 heavy (non-hydrogen) atoms. The van der Waals surface area contributed by atoms with Crippen LogP contribution in [0.25, 0.3) is 0 Å². The van der Waals surface area contributed by atoms with Crippen molar-refractivity contribution in [3.05, 3.63) is 71.8 Å². The molecular weight excluding hydrogens is 456 g/mol. The van der Waals surface area contributed by atoms with Gasteiger partial charge in [0.15, 0.2) is 20.2 Å². The van der Waals surface area contributed by atoms with Gasteiger partial charge in [-0.1, -0.05) is 83.1 Å². The molecule has 0 fully saturated rings. The minimum Gasteiger partial charge on any atom is -0.451 e. The lowest BCUT2D eigenvalue weighted by Crippen LogP contribution is -2.50. The Morgan fingerprint density at radius 3 is 1.97 bits per heavy atom. The summed E-state index contributed by atoms with van der Waals surface area (Å²) in [6.45, 7) is 17.5. The zero-order valence-electron chi connectivity index (χ0n) is 22.5. The van der Waals surface area contributed by atoms with E-state index in [1.54, 1.807) is 31.2 Å². The Balaban J connectivity index is 2.13. The van der Waals surface area contributed by atoms with Gasteiger partial charge in [-0.15, -0.1) is 0 Å². The summed E-state index contributed by atoms with van der Waals surface area (Å²) in [5.41, 5.74) is 1.53. The lowest BCUT2D eigenvalue weighted by molar-refractivity contribution is -0.135. The predicted octanol–water partition coefficient (Wildman–Crippen LogP) is 6.68. The molecule has 0 aliphatic carbocycles. The van der Waals surface area contributed by atoms with Gasteiger partial charge in [-0.2, -0.15) is 0 Å². The van der Waals surface area contributed by atoms with E-state index in [1.165, 1.54) is 0 Å². The fourth-order valence-electron chi connectivity index (χ4n) is 3.65. The number of carbonyl (C=O) groups excluding carboxylic acids is 2. The highest BCUT2D eigenvalue weighted by molar-refractivity contribution is 6.74. The van der Waals surface area contributed by atoms with Gasteiger partial charge in [0.2, 0.25) is 0 Å². The van der Waals surface area contributed by atoms with Crippen molar-refractivity contribution in [2.45, 2.75) is 78.5 Å². The zero-order valence-corrected chi connectivity index (χ0v) is 23.5. The lowest BCUT2D eigenvalue weighted by Gasteiger charge is -2.42. The second-order valence-electron chi connectivity index (χ2n) is 10.9. The summed E-state index contributed by atoms with van der Waals surface area (Å²) in [6, 6.07) is 18.8. The molecule has 0 amide bonds. The van der Waals surface area contributed by atoms with Crippen molar-refractivity contribution in [3.63, 3.8) is 0 Å². The van der Waals surface area contributed by atoms with Gasteiger partial charge in [0.05, 0.1) is 24.9 Å². The van der Waals surface area contributed by atoms with Crippen LogP contribution in [-0.2, 0) is 25.3 Å². The van der Waals surface area contributed by atoms with Gasteiger partial charge in [0, 0.05) is 11.8 Å². The molecule has 0 N–H and O–H groups in total. The number of rotatable bonds is 12. The highest BCUT2D eigenvalue weighted by atomic mass is 28.4. The third-order valence-corrected chi connectivity index (χ3v) is 11.4. The predicted molar refractivity (Wildman–Crippen MR) is 143 cm³/mol. The van der Waals surface area contributed by atoms with Crippen LogP contribution in [0.1, 0.15) is 57.5 Å². The largest absolute Gasteiger partial charge is 0.451 e. The summed E-state index contributed by atoms with van der Waals surface area (Å²) in [6.07, 6.45) is -1.22. The fourth-order valence-corrected chi connectivity index (χ4v) is 5.12. The molecule has 2 aromatic rings. The summed E-state index contributed by atoms with van der Waals surface area (Å²) in [5.74, 6) is -1.13. The Morgan fingerprint density at radius 1 is 0.886 bits per heavy atom. The first-order valence-corrected chi connectivity index (χ1v) is 15.3. The topological polar surface area (TPSA) is 61.8 Å². The van der Waals surface area contributed by atoms with E-state index in [9.17, 15) is 9.59 Å². The number of carbonyl (C=O) groups is 2. The molecule has 0 aliphatic heterocycles. The molecule has 6 heteroatoms. The van der Waals surface area contributed by atoms with Crippen molar-refractivity contribution in [3.8, 4) is 0 Å². The van der Waals surface area contributed by atoms with Crippen LogP contribution in [-0.4, -0.2) is 38.9 Å². The SMILES string of the molecule is C[C@H](OC(=O)c1ccccc1)C(=O)[C@H](C)[C@H](O[Si](C)(C)C(C)(C)C)[C@@H](C)COCc1ccccc1. The lowest BCUT2D eigenvalue weighted by atomic mass is 9.89. The molecule has 192 valence electrons. The van der Waals surface area contributed by atoms with Crippen LogP contribution in [0, 0.1) is 11.8 Å². The maximum atomic E-state index is 13.4. The van der Waals surface area contributed by atoms with E-state index in [-0.39, 0.29) is 22.8 Å². The van der Waals surface area contributed by atoms with Crippen LogP contribution in [0.2, 0.25) is 18.1 Å². The average Bonchev–Trinajstić information content (AvgIpc) is 2.82. The minimum absolute atomic E-state index is 0.00990. The molecule has 0 radical (unpaired) electrons. The molecule has 0 bridgehead atoms. The fraction of sp³-hybridized carbons (Fsp3) is 0.517. The maximum Gasteiger partial charge on any atom is 0.338 e. The van der Waals surface area contributed by atoms with Crippen molar-refractivity contribution in [2.24, 2.45) is 11.8 Å². The van der Waals surface area contributed by atoms with Crippen molar-refractivity contribution < 1.29 is 23.5 Å². The molecular formula is C29H42O5Si. The first kappa shape index (κ1) is 29.0. The van der Waals surface area contributed by atoms with Gasteiger partial charge >= 0.3 is 5.97 Å². The van der Waals surface area contributed by atoms with Crippen LogP contribution in [0.15, 0.2) is 60.7 Å². The van der Waals surface area contributed by atoms with Crippen molar-refractivity contribution in [2.75, 3.05) is 6.61 Å². The second kappa shape index (κ2) is 12.6. The molecule has 0 heterocycles. The number of hydrogen-bond acceptors (Lipinski definition) is 5. The molecule has 0 aromatic heterocycles. The highest BCUT2D eigenvalue weighted by Crippen LogP contribution is 2.39. The van der Waals surface area contributed by atoms with E-state index < -0.39 is 26.3 Å². The molecule has 4 atom stereocenters. The average molecular weight is 499 g/mol. The van der Waals surface area contributed by atoms with E-state index in [2.05, 4.69) is 40.8 Å². The summed E-state index contributed by atoms with van der Waals surface area (Å²) in [7, 11) is -2.18. The first-order chi connectivity index (χ1) is 16.3. The van der Waals surface area contributed by atoms with Crippen LogP contribution < -0.4 is 0 Å². The standard InChI is InChI=1S/C29H42O5Si/c1-21(19-32-20-24-15-11-9-12-16-24)27(34-35(7,8)29(4,5)6)22(2)26(30)23(3)33-28(31)25-17-13-10-14-18-25/h9-18,21-23,27H,19-20H2,1-8H3/t21-,22-,23-,27+/m0/s1. The molecule has 0 aliphatic rings. The smallest absolute Gasteiger partial charge is 0.338 e. The zero-order chi connectivity index (χ0) is 26.2. The number of ketones is 1. The number of benzene rings is 2. The Morgan fingerprint density at radius 2 is 1.43 bits per heavy atom. The van der Waals surface area contributed by atoms with Crippen molar-refractivity contribution >= 4 is 20.1 Å². The van der Waals surface area contributed by atoms with E-state index in [4.69, 9.17) is 13.9 Å². The van der Waals surface area contributed by atoms with Gasteiger partial charge in [0.1, 0.15) is 0 Å². The normalized spacial score (nSPS) is 15.7. The Bertz CT molecular complexity index is 937. The van der Waals surface area contributed by atoms with E-state index in [1.807, 2.05) is 43.3 Å². The Labute approximate surface area is 212 Å². The highest BCUT2D eigenvalue weighted by Gasteiger charge is 2.43. The van der Waals surface area contributed by atoms with Gasteiger partial charge < -0.3 is 13.9 Å². The third-order valence-electron chi connectivity index (χ3n) is 6.93. The molecule has 0 saturated heterocycles. The summed E-state index contributed by atoms with van der Waals surface area (Å²) < 4.78 is 18.3. The van der Waals surface area contributed by atoms with Crippen LogP contribution in [0.4, 0.5) is 0 Å². The van der Waals surface area contributed by atoms with E-state index in [0.29, 0.717) is 18.8 Å². The van der Waals surface area contributed by atoms with Crippen LogP contribution >= 0.6 is 0 Å². The molecule has 2 rings (SSSR count). The van der Waals surface area contributed by atoms with Gasteiger partial charge in [0.25, 0.3) is 0 Å². The summed E-state index contributed by atoms with van der Waals surface area (Å²) in [4.78, 5) is 25.9. The number of esters is 1. The molecule has 0 saturated carbocycles. The Kier molecular flexibility index (Phi) is 10.4. The maximum absolute atomic E-state index is 13.4. The molecule has 0 spiro atoms. The van der Waals surface area contributed by atoms with Crippen molar-refractivity contribution in [1.82, 2.24) is 0 Å². The molecule has 0 unspecified atom stereocenters. The monoisotopic (exact) mass is 498 g/mol. The summed E-state index contributed by atoms with van der Waals surface area (Å²) in [5, 5.41) is -0.00990. The third kappa shape index (κ3) is 8.41. The van der Waals surface area contributed by atoms with Gasteiger partial charge in [-0.05, 0) is 42.8 Å². The second-order valence-corrected chi connectivity index (χ2v) is 15.7. The number of ether oxygens (including phenoxy) is 2. The Hall–Kier alpha value is -2.28. The molecule has 5 nitrogen and oxygen atoms in total. The van der Waals surface area contributed by atoms with Crippen molar-refractivity contribution in [1.29, 1.82) is 0 Å².